The SMILES string of the molecule is O=S1(=O)CCCC(Nc2cccc(-c3nccs3)c2)C1. The number of anilines is 1. The van der Waals surface area contributed by atoms with Crippen LogP contribution in [0.25, 0.3) is 10.6 Å². The number of nitrogens with zero attached hydrogens (tertiary/aromatic N) is 1. The Kier molecular flexibility index (Phi) is 3.76. The first-order valence-corrected chi connectivity index (χ1v) is 9.29. The third-order valence-electron chi connectivity index (χ3n) is 3.38. The van der Waals surface area contributed by atoms with Crippen molar-refractivity contribution in [2.45, 2.75) is 18.9 Å². The molecule has 1 fully saturated rings. The lowest BCUT2D eigenvalue weighted by Crippen LogP contribution is -2.34. The molecule has 3 rings (SSSR count). The maximum absolute atomic E-state index is 11.7. The van der Waals surface area contributed by atoms with E-state index in [0.717, 1.165) is 29.1 Å². The Morgan fingerprint density at radius 3 is 3.00 bits per heavy atom. The molecule has 0 bridgehead atoms. The van der Waals surface area contributed by atoms with Gasteiger partial charge in [-0.1, -0.05) is 12.1 Å². The minimum Gasteiger partial charge on any atom is -0.381 e. The Labute approximate surface area is 122 Å². The van der Waals surface area contributed by atoms with Gasteiger partial charge >= 0.3 is 0 Å². The van der Waals surface area contributed by atoms with Gasteiger partial charge in [0.25, 0.3) is 0 Å². The molecule has 0 amide bonds. The van der Waals surface area contributed by atoms with Crippen LogP contribution in [0, 0.1) is 0 Å². The highest BCUT2D eigenvalue weighted by Crippen LogP contribution is 2.25. The number of aromatic nitrogens is 1. The molecule has 0 aliphatic carbocycles. The Morgan fingerprint density at radius 1 is 1.35 bits per heavy atom. The van der Waals surface area contributed by atoms with Crippen LogP contribution in [0.4, 0.5) is 5.69 Å². The van der Waals surface area contributed by atoms with Gasteiger partial charge in [0.1, 0.15) is 5.01 Å². The minimum atomic E-state index is -2.88. The van der Waals surface area contributed by atoms with Crippen LogP contribution >= 0.6 is 11.3 Å². The van der Waals surface area contributed by atoms with Gasteiger partial charge in [-0.3, -0.25) is 0 Å². The summed E-state index contributed by atoms with van der Waals surface area (Å²) in [6.45, 7) is 0. The van der Waals surface area contributed by atoms with Gasteiger partial charge in [0.2, 0.25) is 0 Å². The summed E-state index contributed by atoms with van der Waals surface area (Å²) in [5, 5.41) is 6.26. The summed E-state index contributed by atoms with van der Waals surface area (Å²) in [6, 6.07) is 8.00. The topological polar surface area (TPSA) is 59.1 Å². The van der Waals surface area contributed by atoms with Crippen LogP contribution in [0.15, 0.2) is 35.8 Å². The highest BCUT2D eigenvalue weighted by Gasteiger charge is 2.24. The van der Waals surface area contributed by atoms with E-state index in [2.05, 4.69) is 10.3 Å². The first-order valence-electron chi connectivity index (χ1n) is 6.59. The zero-order valence-electron chi connectivity index (χ0n) is 11.0. The zero-order valence-corrected chi connectivity index (χ0v) is 12.6. The van der Waals surface area contributed by atoms with Crippen LogP contribution in [0.5, 0.6) is 0 Å². The number of sulfone groups is 1. The molecule has 1 atom stereocenters. The molecule has 106 valence electrons. The van der Waals surface area contributed by atoms with Crippen LogP contribution < -0.4 is 5.32 Å². The molecule has 1 aliphatic heterocycles. The van der Waals surface area contributed by atoms with Crippen LogP contribution in [-0.2, 0) is 9.84 Å². The van der Waals surface area contributed by atoms with E-state index in [1.54, 1.807) is 17.5 Å². The first kappa shape index (κ1) is 13.6. The molecule has 0 saturated carbocycles. The van der Waals surface area contributed by atoms with Gasteiger partial charge in [-0.25, -0.2) is 13.4 Å². The molecule has 20 heavy (non-hydrogen) atoms. The fourth-order valence-electron chi connectivity index (χ4n) is 2.48. The van der Waals surface area contributed by atoms with Gasteiger partial charge in [0.15, 0.2) is 9.84 Å². The summed E-state index contributed by atoms with van der Waals surface area (Å²) < 4.78 is 23.3. The molecule has 1 N–H and O–H groups in total. The fourth-order valence-corrected chi connectivity index (χ4v) is 4.75. The molecule has 1 aliphatic rings. The lowest BCUT2D eigenvalue weighted by molar-refractivity contribution is 0.562. The summed E-state index contributed by atoms with van der Waals surface area (Å²) >= 11 is 1.60. The lowest BCUT2D eigenvalue weighted by Gasteiger charge is -2.24. The number of hydrogen-bond acceptors (Lipinski definition) is 5. The maximum atomic E-state index is 11.7. The van der Waals surface area contributed by atoms with Crippen molar-refractivity contribution >= 4 is 26.9 Å². The van der Waals surface area contributed by atoms with Crippen molar-refractivity contribution in [1.82, 2.24) is 4.98 Å². The summed E-state index contributed by atoms with van der Waals surface area (Å²) in [4.78, 5) is 4.29. The molecule has 1 aromatic heterocycles. The van der Waals surface area contributed by atoms with E-state index in [1.165, 1.54) is 0 Å². The van der Waals surface area contributed by atoms with Crippen molar-refractivity contribution in [2.75, 3.05) is 16.8 Å². The van der Waals surface area contributed by atoms with E-state index in [1.807, 2.05) is 29.6 Å². The lowest BCUT2D eigenvalue weighted by atomic mass is 10.1. The third kappa shape index (κ3) is 3.19. The number of nitrogens with one attached hydrogen (secondary N) is 1. The Balaban J connectivity index is 1.76. The molecular weight excluding hydrogens is 292 g/mol. The molecule has 4 nitrogen and oxygen atoms in total. The van der Waals surface area contributed by atoms with Crippen molar-refractivity contribution in [1.29, 1.82) is 0 Å². The van der Waals surface area contributed by atoms with E-state index >= 15 is 0 Å². The molecule has 2 heterocycles. The highest BCUT2D eigenvalue weighted by molar-refractivity contribution is 7.91. The summed E-state index contributed by atoms with van der Waals surface area (Å²) in [5.41, 5.74) is 2.02. The number of rotatable bonds is 3. The Hall–Kier alpha value is -1.40. The first-order chi connectivity index (χ1) is 9.62. The second kappa shape index (κ2) is 5.54. The van der Waals surface area contributed by atoms with Crippen LogP contribution in [0.1, 0.15) is 12.8 Å². The molecular formula is C14H16N2O2S2. The van der Waals surface area contributed by atoms with E-state index in [9.17, 15) is 8.42 Å². The van der Waals surface area contributed by atoms with Gasteiger partial charge in [0.05, 0.1) is 11.5 Å². The van der Waals surface area contributed by atoms with Crippen LogP contribution in [0.3, 0.4) is 0 Å². The average molecular weight is 308 g/mol. The van der Waals surface area contributed by atoms with Crippen molar-refractivity contribution in [3.8, 4) is 10.6 Å². The van der Waals surface area contributed by atoms with Crippen molar-refractivity contribution < 1.29 is 8.42 Å². The molecule has 1 unspecified atom stereocenters. The molecule has 1 aromatic carbocycles. The summed E-state index contributed by atoms with van der Waals surface area (Å²) in [5.74, 6) is 0.554. The van der Waals surface area contributed by atoms with Crippen molar-refractivity contribution in [3.05, 3.63) is 35.8 Å². The summed E-state index contributed by atoms with van der Waals surface area (Å²) in [6.07, 6.45) is 3.43. The molecule has 1 saturated heterocycles. The second-order valence-electron chi connectivity index (χ2n) is 5.02. The van der Waals surface area contributed by atoms with E-state index in [0.29, 0.717) is 5.75 Å². The highest BCUT2D eigenvalue weighted by atomic mass is 32.2. The Bertz CT molecular complexity index is 681. The summed E-state index contributed by atoms with van der Waals surface area (Å²) in [7, 11) is -2.88. The largest absolute Gasteiger partial charge is 0.381 e. The predicted octanol–water partition coefficient (Wildman–Crippen LogP) is 2.80. The second-order valence-corrected chi connectivity index (χ2v) is 8.14. The van der Waals surface area contributed by atoms with Gasteiger partial charge in [-0.15, -0.1) is 11.3 Å². The zero-order chi connectivity index (χ0) is 14.0. The van der Waals surface area contributed by atoms with Crippen LogP contribution in [0.2, 0.25) is 0 Å². The van der Waals surface area contributed by atoms with Crippen molar-refractivity contribution in [3.63, 3.8) is 0 Å². The normalized spacial score (nSPS) is 21.5. The Morgan fingerprint density at radius 2 is 2.25 bits per heavy atom. The fraction of sp³-hybridized carbons (Fsp3) is 0.357. The molecule has 2 aromatic rings. The smallest absolute Gasteiger partial charge is 0.152 e. The quantitative estimate of drug-likeness (QED) is 0.947. The standard InChI is InChI=1S/C14H16N2O2S2/c17-20(18)8-2-5-13(10-20)16-12-4-1-3-11(9-12)14-15-6-7-19-14/h1,3-4,6-7,9,13,16H,2,5,8,10H2. The van der Waals surface area contributed by atoms with Crippen LogP contribution in [-0.4, -0.2) is 30.9 Å². The number of thiazole rings is 1. The number of hydrogen-bond donors (Lipinski definition) is 1. The molecule has 0 radical (unpaired) electrons. The van der Waals surface area contributed by atoms with Crippen molar-refractivity contribution in [2.24, 2.45) is 0 Å². The van der Waals surface area contributed by atoms with Gasteiger partial charge in [0, 0.05) is 28.9 Å². The predicted molar refractivity (Wildman–Crippen MR) is 82.8 cm³/mol. The minimum absolute atomic E-state index is 0.0142. The number of benzene rings is 1. The maximum Gasteiger partial charge on any atom is 0.152 e. The third-order valence-corrected chi connectivity index (χ3v) is 6.02. The van der Waals surface area contributed by atoms with E-state index in [-0.39, 0.29) is 11.8 Å². The van der Waals surface area contributed by atoms with E-state index < -0.39 is 9.84 Å². The monoisotopic (exact) mass is 308 g/mol. The van der Waals surface area contributed by atoms with E-state index in [4.69, 9.17) is 0 Å². The molecule has 0 spiro atoms. The molecule has 6 heteroatoms. The average Bonchev–Trinajstić information content (AvgIpc) is 2.91. The van der Waals surface area contributed by atoms with Gasteiger partial charge in [-0.2, -0.15) is 0 Å². The van der Waals surface area contributed by atoms with Gasteiger partial charge in [-0.05, 0) is 25.0 Å². The van der Waals surface area contributed by atoms with Gasteiger partial charge < -0.3 is 5.32 Å².